The lowest BCUT2D eigenvalue weighted by Gasteiger charge is -2.01. The van der Waals surface area contributed by atoms with Crippen molar-refractivity contribution in [2.75, 3.05) is 5.32 Å². The zero-order chi connectivity index (χ0) is 12.5. The highest BCUT2D eigenvalue weighted by Gasteiger charge is 2.18. The first-order chi connectivity index (χ1) is 8.72. The molecular weight excluding hydrogens is 270 g/mol. The summed E-state index contributed by atoms with van der Waals surface area (Å²) in [6, 6.07) is 1.98. The number of nitrogens with one attached hydrogen (secondary N) is 1. The van der Waals surface area contributed by atoms with E-state index in [1.165, 1.54) is 29.3 Å². The number of aryl methyl sites for hydroxylation is 2. The SMILES string of the molecule is O=C(Nc1cnc(Cl)cn1)c1cc2c(s1)CCC2. The second-order valence-corrected chi connectivity index (χ2v) is 5.62. The molecule has 18 heavy (non-hydrogen) atoms. The number of rotatable bonds is 2. The number of fused-ring (bicyclic) bond motifs is 1. The van der Waals surface area contributed by atoms with Gasteiger partial charge in [0.1, 0.15) is 5.15 Å². The van der Waals surface area contributed by atoms with Crippen LogP contribution in [-0.4, -0.2) is 15.9 Å². The molecule has 0 spiro atoms. The van der Waals surface area contributed by atoms with E-state index in [0.717, 1.165) is 17.7 Å². The van der Waals surface area contributed by atoms with Gasteiger partial charge >= 0.3 is 0 Å². The number of halogens is 1. The Morgan fingerprint density at radius 2 is 2.22 bits per heavy atom. The Balaban J connectivity index is 1.76. The first-order valence-electron chi connectivity index (χ1n) is 5.63. The van der Waals surface area contributed by atoms with Gasteiger partial charge in [-0.3, -0.25) is 4.79 Å². The lowest BCUT2D eigenvalue weighted by atomic mass is 10.2. The van der Waals surface area contributed by atoms with E-state index in [-0.39, 0.29) is 5.91 Å². The van der Waals surface area contributed by atoms with Crippen LogP contribution in [0.15, 0.2) is 18.5 Å². The van der Waals surface area contributed by atoms with E-state index in [4.69, 9.17) is 11.6 Å². The largest absolute Gasteiger partial charge is 0.305 e. The average molecular weight is 280 g/mol. The minimum atomic E-state index is -0.133. The number of hydrogen-bond acceptors (Lipinski definition) is 4. The molecule has 1 aliphatic carbocycles. The van der Waals surface area contributed by atoms with Gasteiger partial charge in [-0.2, -0.15) is 0 Å². The molecule has 6 heteroatoms. The number of anilines is 1. The van der Waals surface area contributed by atoms with Gasteiger partial charge in [0.2, 0.25) is 0 Å². The summed E-state index contributed by atoms with van der Waals surface area (Å²) in [7, 11) is 0. The minimum absolute atomic E-state index is 0.133. The fourth-order valence-electron chi connectivity index (χ4n) is 2.00. The molecule has 0 aromatic carbocycles. The number of hydrogen-bond donors (Lipinski definition) is 1. The number of carbonyl (C=O) groups is 1. The molecule has 0 aliphatic heterocycles. The van der Waals surface area contributed by atoms with E-state index in [9.17, 15) is 4.79 Å². The summed E-state index contributed by atoms with van der Waals surface area (Å²) in [5.41, 5.74) is 1.31. The summed E-state index contributed by atoms with van der Waals surface area (Å²) in [5.74, 6) is 0.281. The van der Waals surface area contributed by atoms with Crippen LogP contribution in [0.3, 0.4) is 0 Å². The van der Waals surface area contributed by atoms with Crippen LogP contribution in [0, 0.1) is 0 Å². The van der Waals surface area contributed by atoms with Crippen molar-refractivity contribution in [2.24, 2.45) is 0 Å². The first kappa shape index (κ1) is 11.6. The maximum Gasteiger partial charge on any atom is 0.266 e. The molecule has 1 amide bonds. The van der Waals surface area contributed by atoms with Crippen LogP contribution < -0.4 is 5.32 Å². The van der Waals surface area contributed by atoms with Crippen LogP contribution in [0.1, 0.15) is 26.5 Å². The summed E-state index contributed by atoms with van der Waals surface area (Å²) in [6.45, 7) is 0. The number of thiophene rings is 1. The van der Waals surface area contributed by atoms with Crippen LogP contribution in [0.5, 0.6) is 0 Å². The lowest BCUT2D eigenvalue weighted by molar-refractivity contribution is 0.103. The maximum absolute atomic E-state index is 12.0. The Labute approximate surface area is 113 Å². The Bertz CT molecular complexity index is 572. The van der Waals surface area contributed by atoms with E-state index in [0.29, 0.717) is 11.0 Å². The van der Waals surface area contributed by atoms with Crippen molar-refractivity contribution in [3.63, 3.8) is 0 Å². The Morgan fingerprint density at radius 1 is 1.33 bits per heavy atom. The number of nitrogens with zero attached hydrogens (tertiary/aromatic N) is 2. The number of aromatic nitrogens is 2. The molecule has 0 atom stereocenters. The second kappa shape index (κ2) is 4.66. The molecule has 2 aromatic heterocycles. The van der Waals surface area contributed by atoms with Gasteiger partial charge in [-0.1, -0.05) is 11.6 Å². The zero-order valence-corrected chi connectivity index (χ0v) is 11.0. The van der Waals surface area contributed by atoms with Gasteiger partial charge in [-0.25, -0.2) is 9.97 Å². The summed E-state index contributed by atoms with van der Waals surface area (Å²) in [5, 5.41) is 3.02. The molecule has 0 saturated heterocycles. The smallest absolute Gasteiger partial charge is 0.266 e. The van der Waals surface area contributed by atoms with Crippen LogP contribution in [0.4, 0.5) is 5.82 Å². The van der Waals surface area contributed by atoms with Crippen LogP contribution in [-0.2, 0) is 12.8 Å². The van der Waals surface area contributed by atoms with Crippen LogP contribution in [0.25, 0.3) is 0 Å². The molecule has 0 unspecified atom stereocenters. The van der Waals surface area contributed by atoms with Crippen molar-refractivity contribution < 1.29 is 4.79 Å². The van der Waals surface area contributed by atoms with E-state index in [2.05, 4.69) is 15.3 Å². The molecular formula is C12H10ClN3OS. The van der Waals surface area contributed by atoms with Gasteiger partial charge in [-0.05, 0) is 30.9 Å². The third kappa shape index (κ3) is 2.23. The van der Waals surface area contributed by atoms with Gasteiger partial charge < -0.3 is 5.32 Å². The van der Waals surface area contributed by atoms with Gasteiger partial charge in [-0.15, -0.1) is 11.3 Å². The van der Waals surface area contributed by atoms with Crippen molar-refractivity contribution in [3.05, 3.63) is 38.9 Å². The number of amides is 1. The summed E-state index contributed by atoms with van der Waals surface area (Å²) in [4.78, 5) is 21.9. The summed E-state index contributed by atoms with van der Waals surface area (Å²) >= 11 is 7.20. The molecule has 2 aromatic rings. The molecule has 0 radical (unpaired) electrons. The monoisotopic (exact) mass is 279 g/mol. The highest BCUT2D eigenvalue weighted by atomic mass is 35.5. The predicted octanol–water partition coefficient (Wildman–Crippen LogP) is 2.93. The van der Waals surface area contributed by atoms with E-state index >= 15 is 0 Å². The summed E-state index contributed by atoms with van der Waals surface area (Å²) < 4.78 is 0. The normalized spacial score (nSPS) is 13.4. The fraction of sp³-hybridized carbons (Fsp3) is 0.250. The summed E-state index contributed by atoms with van der Waals surface area (Å²) in [6.07, 6.45) is 6.23. The Morgan fingerprint density at radius 3 is 2.94 bits per heavy atom. The molecule has 0 saturated carbocycles. The molecule has 92 valence electrons. The van der Waals surface area contributed by atoms with Crippen molar-refractivity contribution in [1.29, 1.82) is 0 Å². The number of carbonyl (C=O) groups excluding carboxylic acids is 1. The topological polar surface area (TPSA) is 54.9 Å². The van der Waals surface area contributed by atoms with Crippen LogP contribution >= 0.6 is 22.9 Å². The zero-order valence-electron chi connectivity index (χ0n) is 9.44. The highest BCUT2D eigenvalue weighted by molar-refractivity contribution is 7.14. The molecule has 2 heterocycles. The van der Waals surface area contributed by atoms with Gasteiger partial charge in [0, 0.05) is 4.88 Å². The predicted molar refractivity (Wildman–Crippen MR) is 71.3 cm³/mol. The first-order valence-corrected chi connectivity index (χ1v) is 6.82. The maximum atomic E-state index is 12.0. The molecule has 0 fully saturated rings. The Kier molecular flexibility index (Phi) is 3.01. The van der Waals surface area contributed by atoms with Gasteiger partial charge in [0.25, 0.3) is 5.91 Å². The van der Waals surface area contributed by atoms with Gasteiger partial charge in [0.15, 0.2) is 5.82 Å². The molecule has 4 nitrogen and oxygen atoms in total. The highest BCUT2D eigenvalue weighted by Crippen LogP contribution is 2.30. The van der Waals surface area contributed by atoms with Crippen molar-refractivity contribution in [2.45, 2.75) is 19.3 Å². The van der Waals surface area contributed by atoms with Crippen molar-refractivity contribution in [1.82, 2.24) is 9.97 Å². The quantitative estimate of drug-likeness (QED) is 0.919. The van der Waals surface area contributed by atoms with E-state index in [1.807, 2.05) is 6.07 Å². The molecule has 1 aliphatic rings. The second-order valence-electron chi connectivity index (χ2n) is 4.09. The van der Waals surface area contributed by atoms with Gasteiger partial charge in [0.05, 0.1) is 17.3 Å². The fourth-order valence-corrected chi connectivity index (χ4v) is 3.24. The van der Waals surface area contributed by atoms with E-state index in [1.54, 1.807) is 11.3 Å². The van der Waals surface area contributed by atoms with Crippen molar-refractivity contribution in [3.8, 4) is 0 Å². The third-order valence-corrected chi connectivity index (χ3v) is 4.26. The average Bonchev–Trinajstić information content (AvgIpc) is 2.92. The minimum Gasteiger partial charge on any atom is -0.305 e. The molecule has 1 N–H and O–H groups in total. The van der Waals surface area contributed by atoms with E-state index < -0.39 is 0 Å². The third-order valence-electron chi connectivity index (χ3n) is 2.83. The Hall–Kier alpha value is -1.46. The standard InChI is InChI=1S/C12H10ClN3OS/c13-10-5-15-11(6-14-10)16-12(17)9-4-7-2-1-3-8(7)18-9/h4-6H,1-3H2,(H,15,16,17). The van der Waals surface area contributed by atoms with Crippen molar-refractivity contribution >= 4 is 34.7 Å². The molecule has 0 bridgehead atoms. The molecule has 3 rings (SSSR count). The lowest BCUT2D eigenvalue weighted by Crippen LogP contribution is -2.11. The van der Waals surface area contributed by atoms with Crippen LogP contribution in [0.2, 0.25) is 5.15 Å².